The molecule has 0 saturated heterocycles. The van der Waals surface area contributed by atoms with Gasteiger partial charge >= 0.3 is 0 Å². The van der Waals surface area contributed by atoms with Gasteiger partial charge < -0.3 is 13.7 Å². The van der Waals surface area contributed by atoms with Gasteiger partial charge in [-0.1, -0.05) is 91.0 Å². The van der Waals surface area contributed by atoms with E-state index in [4.69, 9.17) is 8.83 Å². The number of benzene rings is 7. The molecule has 0 bridgehead atoms. The zero-order valence-electron chi connectivity index (χ0n) is 26.4. The average molecular weight is 629 g/mol. The zero-order valence-corrected chi connectivity index (χ0v) is 26.4. The van der Waals surface area contributed by atoms with Crippen LogP contribution in [0, 0.1) is 0 Å². The first-order valence-electron chi connectivity index (χ1n) is 16.4. The van der Waals surface area contributed by atoms with E-state index in [9.17, 15) is 0 Å². The van der Waals surface area contributed by atoms with E-state index in [2.05, 4.69) is 143 Å². The summed E-state index contributed by atoms with van der Waals surface area (Å²) in [5.74, 6) is 0. The van der Waals surface area contributed by atoms with Crippen molar-refractivity contribution in [1.82, 2.24) is 4.98 Å². The van der Waals surface area contributed by atoms with Gasteiger partial charge in [0.2, 0.25) is 5.71 Å². The zero-order chi connectivity index (χ0) is 32.3. The molecule has 4 heteroatoms. The van der Waals surface area contributed by atoms with Gasteiger partial charge in [-0.3, -0.25) is 0 Å². The molecule has 0 aliphatic rings. The van der Waals surface area contributed by atoms with E-state index in [1.54, 1.807) is 6.20 Å². The second kappa shape index (κ2) is 11.0. The molecule has 0 N–H and O–H groups in total. The summed E-state index contributed by atoms with van der Waals surface area (Å²) in [6.07, 6.45) is 1.77. The largest absolute Gasteiger partial charge is 0.456 e. The van der Waals surface area contributed by atoms with Crippen LogP contribution in [0.5, 0.6) is 0 Å². The lowest BCUT2D eigenvalue weighted by molar-refractivity contribution is 0.654. The summed E-state index contributed by atoms with van der Waals surface area (Å²) in [5, 5.41) is 6.78. The molecule has 3 heterocycles. The quantitative estimate of drug-likeness (QED) is 0.190. The summed E-state index contributed by atoms with van der Waals surface area (Å²) < 4.78 is 12.3. The van der Waals surface area contributed by atoms with Crippen LogP contribution in [0.2, 0.25) is 0 Å². The van der Waals surface area contributed by atoms with Crippen molar-refractivity contribution < 1.29 is 8.83 Å². The van der Waals surface area contributed by atoms with Gasteiger partial charge in [-0.2, -0.15) is 0 Å². The molecule has 0 saturated carbocycles. The molecule has 3 aromatic heterocycles. The number of anilines is 3. The Hall–Kier alpha value is -6.65. The fraction of sp³-hybridized carbons (Fsp3) is 0. The highest BCUT2D eigenvalue weighted by Gasteiger charge is 2.17. The normalized spacial score (nSPS) is 11.7. The number of hydrogen-bond acceptors (Lipinski definition) is 4. The molecule has 10 rings (SSSR count). The third kappa shape index (κ3) is 4.57. The first-order chi connectivity index (χ1) is 24.3. The first kappa shape index (κ1) is 27.5. The summed E-state index contributed by atoms with van der Waals surface area (Å²) in [7, 11) is 0. The van der Waals surface area contributed by atoms with Crippen LogP contribution in [-0.4, -0.2) is 4.98 Å². The molecular weight excluding hydrogens is 601 g/mol. The maximum absolute atomic E-state index is 6.19. The second-order valence-corrected chi connectivity index (χ2v) is 12.4. The fourth-order valence-electron chi connectivity index (χ4n) is 7.16. The molecule has 49 heavy (non-hydrogen) atoms. The molecule has 0 unspecified atom stereocenters. The lowest BCUT2D eigenvalue weighted by Gasteiger charge is -2.26. The molecule has 0 amide bonds. The number of rotatable bonds is 5. The molecule has 0 atom stereocenters. The Bertz CT molecular complexity index is 2830. The number of hydrogen-bond donors (Lipinski definition) is 0. The lowest BCUT2D eigenvalue weighted by Crippen LogP contribution is -2.09. The van der Waals surface area contributed by atoms with Gasteiger partial charge in [-0.25, -0.2) is 4.98 Å². The summed E-state index contributed by atoms with van der Waals surface area (Å²) in [4.78, 5) is 6.77. The van der Waals surface area contributed by atoms with Crippen molar-refractivity contribution >= 4 is 71.8 Å². The highest BCUT2D eigenvalue weighted by molar-refractivity contribution is 6.11. The number of nitrogens with zero attached hydrogens (tertiary/aromatic N) is 2. The van der Waals surface area contributed by atoms with Crippen molar-refractivity contribution in [3.05, 3.63) is 170 Å². The maximum atomic E-state index is 6.19. The number of aromatic nitrogens is 1. The molecule has 7 aromatic carbocycles. The van der Waals surface area contributed by atoms with Crippen LogP contribution < -0.4 is 4.90 Å². The number of furan rings is 2. The van der Waals surface area contributed by atoms with Gasteiger partial charge in [0.15, 0.2) is 0 Å². The van der Waals surface area contributed by atoms with Crippen LogP contribution in [0.4, 0.5) is 17.1 Å². The van der Waals surface area contributed by atoms with Crippen LogP contribution in [0.25, 0.3) is 77.0 Å². The van der Waals surface area contributed by atoms with E-state index in [0.29, 0.717) is 5.71 Å². The number of fused-ring (bicyclic) bond motifs is 7. The Kier molecular flexibility index (Phi) is 6.15. The Morgan fingerprint density at radius 2 is 1.08 bits per heavy atom. The number of pyridine rings is 1. The van der Waals surface area contributed by atoms with Crippen LogP contribution in [0.3, 0.4) is 0 Å². The van der Waals surface area contributed by atoms with Gasteiger partial charge in [0.1, 0.15) is 16.7 Å². The van der Waals surface area contributed by atoms with Crippen LogP contribution in [0.15, 0.2) is 179 Å². The van der Waals surface area contributed by atoms with Gasteiger partial charge in [0.05, 0.1) is 0 Å². The Morgan fingerprint density at radius 1 is 0.408 bits per heavy atom. The topological polar surface area (TPSA) is 42.4 Å². The fourth-order valence-corrected chi connectivity index (χ4v) is 7.16. The Labute approximate surface area is 282 Å². The minimum absolute atomic E-state index is 0.655. The molecule has 0 aliphatic heterocycles. The maximum Gasteiger partial charge on any atom is 0.227 e. The van der Waals surface area contributed by atoms with E-state index in [-0.39, 0.29) is 0 Å². The smallest absolute Gasteiger partial charge is 0.227 e. The summed E-state index contributed by atoms with van der Waals surface area (Å²) in [5.41, 5.74) is 11.0. The van der Waals surface area contributed by atoms with Crippen molar-refractivity contribution in [3.63, 3.8) is 0 Å². The summed E-state index contributed by atoms with van der Waals surface area (Å²) >= 11 is 0. The molecule has 10 aromatic rings. The Morgan fingerprint density at radius 3 is 1.94 bits per heavy atom. The predicted molar refractivity (Wildman–Crippen MR) is 202 cm³/mol. The van der Waals surface area contributed by atoms with Crippen molar-refractivity contribution in [1.29, 1.82) is 0 Å². The van der Waals surface area contributed by atoms with E-state index < -0.39 is 0 Å². The molecule has 0 spiro atoms. The molecule has 0 radical (unpaired) electrons. The molecule has 0 aliphatic carbocycles. The standard InChI is InChI=1S/C45H28N2O2/c1-2-8-32-27-33(15-14-29(32)7-1)30-16-20-34(21-17-30)47(36-24-25-42-40(28-36)38-9-3-4-12-41(38)48-42)35-22-18-31(19-23-35)37-10-5-13-43-44(37)39-11-6-26-46-45(39)49-43/h1-28H. The predicted octanol–water partition coefficient (Wildman–Crippen LogP) is 12.8. The van der Waals surface area contributed by atoms with Crippen molar-refractivity contribution in [2.75, 3.05) is 4.90 Å². The first-order valence-corrected chi connectivity index (χ1v) is 16.4. The monoisotopic (exact) mass is 628 g/mol. The highest BCUT2D eigenvalue weighted by atomic mass is 16.3. The minimum atomic E-state index is 0.655. The SMILES string of the molecule is c1ccc2cc(-c3ccc(N(c4ccc(-c5cccc6oc7ncccc7c56)cc4)c4ccc5oc6ccccc6c5c4)cc3)ccc2c1. The summed E-state index contributed by atoms with van der Waals surface area (Å²) in [6.45, 7) is 0. The van der Waals surface area contributed by atoms with Crippen LogP contribution in [-0.2, 0) is 0 Å². The van der Waals surface area contributed by atoms with E-state index in [0.717, 1.165) is 66.5 Å². The summed E-state index contributed by atoms with van der Waals surface area (Å²) in [6, 6.07) is 57.7. The van der Waals surface area contributed by atoms with Gasteiger partial charge in [-0.05, 0) is 106 Å². The third-order valence-electron chi connectivity index (χ3n) is 9.54. The van der Waals surface area contributed by atoms with Gasteiger partial charge in [-0.15, -0.1) is 0 Å². The van der Waals surface area contributed by atoms with Crippen LogP contribution in [0.1, 0.15) is 0 Å². The third-order valence-corrected chi connectivity index (χ3v) is 9.54. The van der Waals surface area contributed by atoms with Crippen molar-refractivity contribution in [2.45, 2.75) is 0 Å². The minimum Gasteiger partial charge on any atom is -0.456 e. The van der Waals surface area contributed by atoms with Crippen molar-refractivity contribution in [3.8, 4) is 22.3 Å². The number of para-hydroxylation sites is 1. The molecule has 4 nitrogen and oxygen atoms in total. The Balaban J connectivity index is 1.09. The van der Waals surface area contributed by atoms with Crippen LogP contribution >= 0.6 is 0 Å². The molecular formula is C45H28N2O2. The van der Waals surface area contributed by atoms with E-state index >= 15 is 0 Å². The van der Waals surface area contributed by atoms with E-state index in [1.165, 1.54) is 21.9 Å². The second-order valence-electron chi connectivity index (χ2n) is 12.4. The molecule has 0 fully saturated rings. The average Bonchev–Trinajstić information content (AvgIpc) is 3.74. The highest BCUT2D eigenvalue weighted by Crippen LogP contribution is 2.41. The van der Waals surface area contributed by atoms with Crippen molar-refractivity contribution in [2.24, 2.45) is 0 Å². The molecule has 230 valence electrons. The van der Waals surface area contributed by atoms with Gasteiger partial charge in [0, 0.05) is 44.8 Å². The van der Waals surface area contributed by atoms with Gasteiger partial charge in [0.25, 0.3) is 0 Å². The lowest BCUT2D eigenvalue weighted by atomic mass is 9.99. The van der Waals surface area contributed by atoms with E-state index in [1.807, 2.05) is 30.3 Å².